The number of hydrogen-bond donors (Lipinski definition) is 2. The summed E-state index contributed by atoms with van der Waals surface area (Å²) in [6.07, 6.45) is 2.48. The lowest BCUT2D eigenvalue weighted by molar-refractivity contribution is -0.132. The first-order valence-corrected chi connectivity index (χ1v) is 8.36. The van der Waals surface area contributed by atoms with Crippen molar-refractivity contribution in [2.75, 3.05) is 18.5 Å². The molecule has 26 heavy (non-hydrogen) atoms. The molecule has 3 rings (SSSR count). The van der Waals surface area contributed by atoms with E-state index < -0.39 is 5.97 Å². The van der Waals surface area contributed by atoms with Gasteiger partial charge in [0.15, 0.2) is 0 Å². The van der Waals surface area contributed by atoms with E-state index in [1.165, 1.54) is 0 Å². The summed E-state index contributed by atoms with van der Waals surface area (Å²) in [4.78, 5) is 11.0. The summed E-state index contributed by atoms with van der Waals surface area (Å²) in [6.45, 7) is 8.19. The van der Waals surface area contributed by atoms with Crippen molar-refractivity contribution in [3.8, 4) is 17.5 Å². The molecule has 134 valence electrons. The fourth-order valence-corrected chi connectivity index (χ4v) is 2.85. The van der Waals surface area contributed by atoms with E-state index in [1.807, 2.05) is 12.3 Å². The van der Waals surface area contributed by atoms with Crippen LogP contribution in [-0.2, 0) is 11.2 Å². The number of carboxylic acid groups (broad SMARTS) is 1. The van der Waals surface area contributed by atoms with Gasteiger partial charge in [-0.15, -0.1) is 0 Å². The van der Waals surface area contributed by atoms with Crippen molar-refractivity contribution < 1.29 is 14.6 Å². The van der Waals surface area contributed by atoms with Gasteiger partial charge in [0.2, 0.25) is 0 Å². The van der Waals surface area contributed by atoms with Crippen molar-refractivity contribution >= 4 is 11.7 Å². The lowest BCUT2D eigenvalue weighted by Gasteiger charge is -2.15. The Hall–Kier alpha value is -3.27. The highest BCUT2D eigenvalue weighted by molar-refractivity contribution is 5.87. The maximum absolute atomic E-state index is 11.0. The fourth-order valence-electron chi connectivity index (χ4n) is 2.85. The summed E-state index contributed by atoms with van der Waals surface area (Å²) in [5.41, 5.74) is 3.54. The van der Waals surface area contributed by atoms with Gasteiger partial charge in [-0.1, -0.05) is 20.4 Å². The third-order valence-corrected chi connectivity index (χ3v) is 4.31. The summed E-state index contributed by atoms with van der Waals surface area (Å²) < 4.78 is 7.50. The molecule has 7 nitrogen and oxygen atoms in total. The predicted molar refractivity (Wildman–Crippen MR) is 96.8 cm³/mol. The van der Waals surface area contributed by atoms with Gasteiger partial charge in [0.05, 0.1) is 23.6 Å². The molecule has 0 amide bonds. The van der Waals surface area contributed by atoms with Crippen molar-refractivity contribution in [3.05, 3.63) is 47.3 Å². The molecule has 1 aliphatic rings. The minimum Gasteiger partial charge on any atom is -0.491 e. The minimum atomic E-state index is -1.07. The number of carbonyl (C=O) groups is 1. The van der Waals surface area contributed by atoms with Gasteiger partial charge in [-0.25, -0.2) is 9.48 Å². The number of rotatable bonds is 6. The molecule has 0 radical (unpaired) electrons. The predicted octanol–water partition coefficient (Wildman–Crippen LogP) is 2.85. The maximum Gasteiger partial charge on any atom is 0.332 e. The van der Waals surface area contributed by atoms with Crippen LogP contribution in [0.1, 0.15) is 36.6 Å². The Labute approximate surface area is 151 Å². The molecule has 2 heterocycles. The molecule has 0 atom stereocenters. The Morgan fingerprint density at radius 3 is 2.96 bits per heavy atom. The zero-order chi connectivity index (χ0) is 18.8. The lowest BCUT2D eigenvalue weighted by atomic mass is 10.0. The Kier molecular flexibility index (Phi) is 4.67. The standard InChI is InChI=1S/C19H20N4O3/c1-11(2)15-4-6-23(22-15)17-8-16(21-10-12(3)19(24)25)14(9-20)13-5-7-26-18(13)17/h4,6,8,11,21H,3,5,7,10H2,1-2H3,(H,24,25). The van der Waals surface area contributed by atoms with E-state index in [0.717, 1.165) is 16.9 Å². The maximum atomic E-state index is 11.0. The van der Waals surface area contributed by atoms with Crippen molar-refractivity contribution in [1.82, 2.24) is 9.78 Å². The minimum absolute atomic E-state index is 0.0216. The molecule has 0 bridgehead atoms. The smallest absolute Gasteiger partial charge is 0.332 e. The fraction of sp³-hybridized carbons (Fsp3) is 0.316. The second-order valence-corrected chi connectivity index (χ2v) is 6.44. The van der Waals surface area contributed by atoms with Crippen LogP contribution in [0.5, 0.6) is 5.75 Å². The summed E-state index contributed by atoms with van der Waals surface area (Å²) >= 11 is 0. The molecule has 7 heteroatoms. The van der Waals surface area contributed by atoms with E-state index in [0.29, 0.717) is 35.9 Å². The van der Waals surface area contributed by atoms with E-state index in [1.54, 1.807) is 10.7 Å². The Balaban J connectivity index is 2.06. The number of fused-ring (bicyclic) bond motifs is 1. The number of anilines is 1. The third kappa shape index (κ3) is 3.14. The van der Waals surface area contributed by atoms with Crippen LogP contribution < -0.4 is 10.1 Å². The Morgan fingerprint density at radius 2 is 2.35 bits per heavy atom. The van der Waals surface area contributed by atoms with Crippen molar-refractivity contribution in [2.24, 2.45) is 0 Å². The van der Waals surface area contributed by atoms with Crippen molar-refractivity contribution in [1.29, 1.82) is 5.26 Å². The molecule has 0 fully saturated rings. The monoisotopic (exact) mass is 352 g/mol. The van der Waals surface area contributed by atoms with Gasteiger partial charge >= 0.3 is 5.97 Å². The first-order chi connectivity index (χ1) is 12.4. The number of benzene rings is 1. The van der Waals surface area contributed by atoms with Gasteiger partial charge in [0.25, 0.3) is 0 Å². The van der Waals surface area contributed by atoms with E-state index in [9.17, 15) is 10.1 Å². The van der Waals surface area contributed by atoms with E-state index in [-0.39, 0.29) is 12.1 Å². The summed E-state index contributed by atoms with van der Waals surface area (Å²) in [6, 6.07) is 5.92. The first kappa shape index (κ1) is 17.5. The zero-order valence-electron chi connectivity index (χ0n) is 14.7. The van der Waals surface area contributed by atoms with Gasteiger partial charge in [0.1, 0.15) is 17.5 Å². The molecule has 0 spiro atoms. The van der Waals surface area contributed by atoms with Gasteiger partial charge in [-0.2, -0.15) is 10.4 Å². The van der Waals surface area contributed by atoms with Crippen LogP contribution in [0.2, 0.25) is 0 Å². The van der Waals surface area contributed by atoms with Gasteiger partial charge in [-0.3, -0.25) is 0 Å². The molecule has 1 aromatic heterocycles. The van der Waals surface area contributed by atoms with E-state index >= 15 is 0 Å². The second-order valence-electron chi connectivity index (χ2n) is 6.44. The van der Waals surface area contributed by atoms with Crippen molar-refractivity contribution in [3.63, 3.8) is 0 Å². The SMILES string of the molecule is C=C(CNc1cc(-n2ccc(C(C)C)n2)c2c(c1C#N)CCO2)C(=O)O. The first-order valence-electron chi connectivity index (χ1n) is 8.36. The number of hydrogen-bond acceptors (Lipinski definition) is 5. The average Bonchev–Trinajstić information content (AvgIpc) is 3.27. The molecule has 0 saturated heterocycles. The van der Waals surface area contributed by atoms with Gasteiger partial charge in [-0.05, 0) is 18.1 Å². The normalized spacial score (nSPS) is 12.4. The average molecular weight is 352 g/mol. The van der Waals surface area contributed by atoms with Gasteiger partial charge < -0.3 is 15.2 Å². The number of nitrogens with one attached hydrogen (secondary N) is 1. The number of aliphatic carboxylic acids is 1. The topological polar surface area (TPSA) is 100 Å². The van der Waals surface area contributed by atoms with Gasteiger partial charge in [0, 0.05) is 30.3 Å². The van der Waals surface area contributed by atoms with Crippen molar-refractivity contribution in [2.45, 2.75) is 26.2 Å². The molecule has 0 unspecified atom stereocenters. The molecule has 2 aromatic rings. The molecule has 1 aromatic carbocycles. The van der Waals surface area contributed by atoms with Crippen LogP contribution in [0, 0.1) is 11.3 Å². The number of ether oxygens (including phenoxy) is 1. The summed E-state index contributed by atoms with van der Waals surface area (Å²) in [5, 5.41) is 26.2. The van der Waals surface area contributed by atoms with E-state index in [2.05, 4.69) is 36.9 Å². The largest absolute Gasteiger partial charge is 0.491 e. The van der Waals surface area contributed by atoms with Crippen LogP contribution >= 0.6 is 0 Å². The molecular weight excluding hydrogens is 332 g/mol. The molecule has 0 aliphatic carbocycles. The van der Waals surface area contributed by atoms with Crippen LogP contribution in [0.15, 0.2) is 30.5 Å². The number of nitriles is 1. The number of nitrogens with zero attached hydrogens (tertiary/aromatic N) is 3. The second kappa shape index (κ2) is 6.92. The Bertz CT molecular complexity index is 922. The molecule has 0 saturated carbocycles. The molecular formula is C19H20N4O3. The summed E-state index contributed by atoms with van der Waals surface area (Å²) in [7, 11) is 0. The molecule has 2 N–H and O–H groups in total. The van der Waals surface area contributed by atoms with Crippen LogP contribution in [0.4, 0.5) is 5.69 Å². The quantitative estimate of drug-likeness (QED) is 0.776. The highest BCUT2D eigenvalue weighted by Gasteiger charge is 2.25. The highest BCUT2D eigenvalue weighted by atomic mass is 16.5. The third-order valence-electron chi connectivity index (χ3n) is 4.31. The highest BCUT2D eigenvalue weighted by Crippen LogP contribution is 2.39. The van der Waals surface area contributed by atoms with E-state index in [4.69, 9.17) is 9.84 Å². The zero-order valence-corrected chi connectivity index (χ0v) is 14.7. The van der Waals surface area contributed by atoms with Crippen LogP contribution in [-0.4, -0.2) is 34.0 Å². The number of carboxylic acids is 1. The summed E-state index contributed by atoms with van der Waals surface area (Å²) in [5.74, 6) is -0.128. The molecule has 1 aliphatic heterocycles. The lowest BCUT2D eigenvalue weighted by Crippen LogP contribution is -2.13. The van der Waals surface area contributed by atoms with Crippen LogP contribution in [0.25, 0.3) is 5.69 Å². The number of aromatic nitrogens is 2. The van der Waals surface area contributed by atoms with Crippen LogP contribution in [0.3, 0.4) is 0 Å². The Morgan fingerprint density at radius 1 is 1.58 bits per heavy atom.